The predicted molar refractivity (Wildman–Crippen MR) is 76.0 cm³/mol. The third-order valence-corrected chi connectivity index (χ3v) is 2.49. The highest BCUT2D eigenvalue weighted by atomic mass is 16.5. The Morgan fingerprint density at radius 3 is 2.55 bits per heavy atom. The summed E-state index contributed by atoms with van der Waals surface area (Å²) in [6, 6.07) is 9.59. The normalized spacial score (nSPS) is 9.64. The molecule has 0 bridgehead atoms. The van der Waals surface area contributed by atoms with Gasteiger partial charge in [0.1, 0.15) is 17.6 Å². The number of amides is 2. The van der Waals surface area contributed by atoms with Gasteiger partial charge in [-0.2, -0.15) is 5.26 Å². The van der Waals surface area contributed by atoms with Crippen molar-refractivity contribution in [3.05, 3.63) is 36.1 Å². The van der Waals surface area contributed by atoms with Crippen LogP contribution in [-0.2, 0) is 9.59 Å². The Bertz CT molecular complexity index is 715. The van der Waals surface area contributed by atoms with E-state index in [9.17, 15) is 9.59 Å². The number of nitrogens with one attached hydrogen (secondary N) is 2. The first-order valence-corrected chi connectivity index (χ1v) is 6.24. The third-order valence-electron chi connectivity index (χ3n) is 2.49. The molecule has 0 spiro atoms. The SMILES string of the molecule is Cc1cc(NC(=O)C(=O)Nc2ccc(OCC#N)cc2)no1. The molecule has 2 aromatic rings. The number of aromatic nitrogens is 1. The number of nitrogens with zero attached hydrogens (tertiary/aromatic N) is 2. The molecule has 1 heterocycles. The van der Waals surface area contributed by atoms with Crippen molar-refractivity contribution in [2.75, 3.05) is 17.2 Å². The van der Waals surface area contributed by atoms with E-state index in [0.717, 1.165) is 0 Å². The fraction of sp³-hybridized carbons (Fsp3) is 0.143. The van der Waals surface area contributed by atoms with Gasteiger partial charge in [0.25, 0.3) is 0 Å². The number of nitriles is 1. The standard InChI is InChI=1S/C14H12N4O4/c1-9-8-12(18-22-9)17-14(20)13(19)16-10-2-4-11(5-3-10)21-7-6-15/h2-5,8H,7H2,1H3,(H,16,19)(H,17,18,20). The number of aryl methyl sites for hydroxylation is 1. The topological polar surface area (TPSA) is 117 Å². The van der Waals surface area contributed by atoms with Crippen molar-refractivity contribution in [2.45, 2.75) is 6.92 Å². The zero-order chi connectivity index (χ0) is 15.9. The monoisotopic (exact) mass is 300 g/mol. The molecule has 0 fully saturated rings. The van der Waals surface area contributed by atoms with Gasteiger partial charge in [-0.15, -0.1) is 0 Å². The van der Waals surface area contributed by atoms with E-state index < -0.39 is 11.8 Å². The molecule has 0 saturated carbocycles. The molecule has 0 radical (unpaired) electrons. The second-order valence-electron chi connectivity index (χ2n) is 4.20. The Hall–Kier alpha value is -3.34. The summed E-state index contributed by atoms with van der Waals surface area (Å²) in [6.45, 7) is 1.60. The molecule has 1 aromatic carbocycles. The van der Waals surface area contributed by atoms with E-state index >= 15 is 0 Å². The van der Waals surface area contributed by atoms with Gasteiger partial charge < -0.3 is 14.6 Å². The quantitative estimate of drug-likeness (QED) is 0.825. The molecule has 0 aliphatic rings. The number of hydrogen-bond donors (Lipinski definition) is 2. The van der Waals surface area contributed by atoms with Crippen LogP contribution in [0.1, 0.15) is 5.76 Å². The van der Waals surface area contributed by atoms with E-state index in [0.29, 0.717) is 17.2 Å². The van der Waals surface area contributed by atoms with Crippen LogP contribution in [0.2, 0.25) is 0 Å². The minimum Gasteiger partial charge on any atom is -0.479 e. The summed E-state index contributed by atoms with van der Waals surface area (Å²) in [4.78, 5) is 23.4. The number of carbonyl (C=O) groups is 2. The van der Waals surface area contributed by atoms with Crippen LogP contribution in [-0.4, -0.2) is 23.6 Å². The Morgan fingerprint density at radius 1 is 1.27 bits per heavy atom. The minimum atomic E-state index is -0.863. The highest BCUT2D eigenvalue weighted by Gasteiger charge is 2.15. The molecular formula is C14H12N4O4. The molecule has 112 valence electrons. The van der Waals surface area contributed by atoms with Gasteiger partial charge in [-0.3, -0.25) is 14.9 Å². The molecule has 0 aliphatic carbocycles. The van der Waals surface area contributed by atoms with Gasteiger partial charge in [0, 0.05) is 11.8 Å². The third kappa shape index (κ3) is 4.08. The number of ether oxygens (including phenoxy) is 1. The number of anilines is 2. The van der Waals surface area contributed by atoms with E-state index in [2.05, 4.69) is 15.8 Å². The van der Waals surface area contributed by atoms with Gasteiger partial charge >= 0.3 is 11.8 Å². The van der Waals surface area contributed by atoms with Crippen LogP contribution in [0, 0.1) is 18.3 Å². The van der Waals surface area contributed by atoms with Gasteiger partial charge in [0.05, 0.1) is 0 Å². The maximum absolute atomic E-state index is 11.7. The van der Waals surface area contributed by atoms with E-state index in [1.165, 1.54) is 6.07 Å². The summed E-state index contributed by atoms with van der Waals surface area (Å²) < 4.78 is 9.85. The number of rotatable bonds is 4. The maximum atomic E-state index is 11.7. The average molecular weight is 300 g/mol. The molecule has 8 heteroatoms. The molecule has 0 atom stereocenters. The summed E-state index contributed by atoms with van der Waals surface area (Å²) >= 11 is 0. The summed E-state index contributed by atoms with van der Waals surface area (Å²) in [6.07, 6.45) is 0. The lowest BCUT2D eigenvalue weighted by Gasteiger charge is -2.06. The zero-order valence-electron chi connectivity index (χ0n) is 11.6. The van der Waals surface area contributed by atoms with Crippen molar-refractivity contribution in [1.29, 1.82) is 5.26 Å². The predicted octanol–water partition coefficient (Wildman–Crippen LogP) is 1.46. The highest BCUT2D eigenvalue weighted by Crippen LogP contribution is 2.15. The maximum Gasteiger partial charge on any atom is 0.315 e. The average Bonchev–Trinajstić information content (AvgIpc) is 2.91. The van der Waals surface area contributed by atoms with Gasteiger partial charge in [0.2, 0.25) is 0 Å². The zero-order valence-corrected chi connectivity index (χ0v) is 11.6. The van der Waals surface area contributed by atoms with Crippen LogP contribution >= 0.6 is 0 Å². The lowest BCUT2D eigenvalue weighted by atomic mass is 10.3. The Labute approximate surface area is 125 Å². The molecule has 22 heavy (non-hydrogen) atoms. The fourth-order valence-electron chi connectivity index (χ4n) is 1.54. The van der Waals surface area contributed by atoms with E-state index in [4.69, 9.17) is 14.5 Å². The summed E-state index contributed by atoms with van der Waals surface area (Å²) in [5, 5.41) is 16.7. The van der Waals surface area contributed by atoms with Crippen molar-refractivity contribution < 1.29 is 18.8 Å². The van der Waals surface area contributed by atoms with Crippen molar-refractivity contribution in [1.82, 2.24) is 5.16 Å². The first-order valence-electron chi connectivity index (χ1n) is 6.24. The molecule has 1 aromatic heterocycles. The summed E-state index contributed by atoms with van der Waals surface area (Å²) in [7, 11) is 0. The lowest BCUT2D eigenvalue weighted by molar-refractivity contribution is -0.133. The van der Waals surface area contributed by atoms with Crippen LogP contribution < -0.4 is 15.4 Å². The van der Waals surface area contributed by atoms with Gasteiger partial charge in [-0.25, -0.2) is 0 Å². The molecule has 2 amide bonds. The summed E-state index contributed by atoms with van der Waals surface area (Å²) in [5.41, 5.74) is 0.417. The number of benzene rings is 1. The van der Waals surface area contributed by atoms with E-state index in [1.807, 2.05) is 6.07 Å². The van der Waals surface area contributed by atoms with Crippen molar-refractivity contribution >= 4 is 23.3 Å². The molecule has 0 unspecified atom stereocenters. The van der Waals surface area contributed by atoms with E-state index in [-0.39, 0.29) is 12.4 Å². The summed E-state index contributed by atoms with van der Waals surface area (Å²) in [5.74, 6) is -0.534. The fourth-order valence-corrected chi connectivity index (χ4v) is 1.54. The molecule has 2 rings (SSSR count). The Balaban J connectivity index is 1.90. The van der Waals surface area contributed by atoms with Crippen LogP contribution in [0.15, 0.2) is 34.9 Å². The molecule has 0 aliphatic heterocycles. The van der Waals surface area contributed by atoms with Crippen LogP contribution in [0.25, 0.3) is 0 Å². The van der Waals surface area contributed by atoms with Crippen LogP contribution in [0.5, 0.6) is 5.75 Å². The minimum absolute atomic E-state index is 0.0643. The van der Waals surface area contributed by atoms with Crippen LogP contribution in [0.4, 0.5) is 11.5 Å². The second kappa shape index (κ2) is 6.90. The molecular weight excluding hydrogens is 288 g/mol. The Morgan fingerprint density at radius 2 is 1.95 bits per heavy atom. The van der Waals surface area contributed by atoms with Gasteiger partial charge in [0.15, 0.2) is 12.4 Å². The first kappa shape index (κ1) is 15.1. The van der Waals surface area contributed by atoms with Crippen molar-refractivity contribution in [2.24, 2.45) is 0 Å². The molecule has 2 N–H and O–H groups in total. The smallest absolute Gasteiger partial charge is 0.315 e. The number of carbonyl (C=O) groups excluding carboxylic acids is 2. The van der Waals surface area contributed by atoms with Crippen molar-refractivity contribution in [3.63, 3.8) is 0 Å². The van der Waals surface area contributed by atoms with Crippen LogP contribution in [0.3, 0.4) is 0 Å². The first-order chi connectivity index (χ1) is 10.6. The Kier molecular flexibility index (Phi) is 4.72. The van der Waals surface area contributed by atoms with E-state index in [1.54, 1.807) is 31.2 Å². The molecule has 8 nitrogen and oxygen atoms in total. The lowest BCUT2D eigenvalue weighted by Crippen LogP contribution is -2.29. The largest absolute Gasteiger partial charge is 0.479 e. The second-order valence-corrected chi connectivity index (χ2v) is 4.20. The number of hydrogen-bond acceptors (Lipinski definition) is 6. The molecule has 0 saturated heterocycles. The highest BCUT2D eigenvalue weighted by molar-refractivity contribution is 6.43. The van der Waals surface area contributed by atoms with Gasteiger partial charge in [-0.1, -0.05) is 5.16 Å². The van der Waals surface area contributed by atoms with Crippen molar-refractivity contribution in [3.8, 4) is 11.8 Å². The van der Waals surface area contributed by atoms with Gasteiger partial charge in [-0.05, 0) is 31.2 Å².